The zero-order valence-electron chi connectivity index (χ0n) is 10.2. The van der Waals surface area contributed by atoms with E-state index in [1.165, 1.54) is 12.1 Å². The molecular formula is C13H15ClFNO3. The van der Waals surface area contributed by atoms with Gasteiger partial charge in [-0.1, -0.05) is 17.7 Å². The van der Waals surface area contributed by atoms with Gasteiger partial charge in [0, 0.05) is 23.7 Å². The van der Waals surface area contributed by atoms with E-state index in [-0.39, 0.29) is 16.7 Å². The highest BCUT2D eigenvalue weighted by Gasteiger charge is 2.25. The van der Waals surface area contributed by atoms with Crippen LogP contribution in [0.5, 0.6) is 0 Å². The van der Waals surface area contributed by atoms with Gasteiger partial charge in [-0.2, -0.15) is 0 Å². The third-order valence-corrected chi connectivity index (χ3v) is 3.33. The number of benzene rings is 1. The highest BCUT2D eigenvalue weighted by Crippen LogP contribution is 2.22. The summed E-state index contributed by atoms with van der Waals surface area (Å²) in [5.41, 5.74) is 0.0786. The van der Waals surface area contributed by atoms with Crippen molar-refractivity contribution in [1.29, 1.82) is 0 Å². The van der Waals surface area contributed by atoms with Gasteiger partial charge in [0.1, 0.15) is 11.9 Å². The summed E-state index contributed by atoms with van der Waals surface area (Å²) in [5, 5.41) is 12.3. The second-order valence-electron chi connectivity index (χ2n) is 4.48. The van der Waals surface area contributed by atoms with Crippen LogP contribution in [0.3, 0.4) is 0 Å². The van der Waals surface area contributed by atoms with Crippen LogP contribution in [0.15, 0.2) is 18.2 Å². The molecular weight excluding hydrogens is 273 g/mol. The monoisotopic (exact) mass is 287 g/mol. The van der Waals surface area contributed by atoms with Crippen molar-refractivity contribution in [2.45, 2.75) is 25.0 Å². The molecule has 1 saturated heterocycles. The molecule has 2 atom stereocenters. The predicted molar refractivity (Wildman–Crippen MR) is 68.8 cm³/mol. The molecule has 0 aliphatic carbocycles. The van der Waals surface area contributed by atoms with Crippen LogP contribution in [0.4, 0.5) is 4.39 Å². The zero-order chi connectivity index (χ0) is 13.8. The second-order valence-corrected chi connectivity index (χ2v) is 4.92. The van der Waals surface area contributed by atoms with Crippen LogP contribution < -0.4 is 5.32 Å². The Labute approximate surface area is 115 Å². The highest BCUT2D eigenvalue weighted by atomic mass is 35.5. The van der Waals surface area contributed by atoms with Crippen LogP contribution in [0.2, 0.25) is 5.02 Å². The Morgan fingerprint density at radius 2 is 2.42 bits per heavy atom. The summed E-state index contributed by atoms with van der Waals surface area (Å²) >= 11 is 5.65. The molecule has 2 N–H and O–H groups in total. The number of carboxylic acid groups (broad SMARTS) is 1. The van der Waals surface area contributed by atoms with E-state index in [9.17, 15) is 14.3 Å². The molecule has 0 saturated carbocycles. The number of rotatable bonds is 5. The first-order chi connectivity index (χ1) is 9.08. The molecule has 1 fully saturated rings. The normalized spacial score (nSPS) is 20.4. The van der Waals surface area contributed by atoms with E-state index in [1.54, 1.807) is 0 Å². The van der Waals surface area contributed by atoms with Gasteiger partial charge < -0.3 is 9.84 Å². The van der Waals surface area contributed by atoms with Crippen molar-refractivity contribution in [1.82, 2.24) is 5.32 Å². The fraction of sp³-hybridized carbons (Fsp3) is 0.462. The summed E-state index contributed by atoms with van der Waals surface area (Å²) in [7, 11) is 0. The van der Waals surface area contributed by atoms with E-state index in [1.807, 2.05) is 0 Å². The summed E-state index contributed by atoms with van der Waals surface area (Å²) in [6.07, 6.45) is 1.86. The molecule has 6 heteroatoms. The fourth-order valence-corrected chi connectivity index (χ4v) is 2.28. The Morgan fingerprint density at radius 3 is 3.00 bits per heavy atom. The van der Waals surface area contributed by atoms with Crippen LogP contribution >= 0.6 is 11.6 Å². The number of hydrogen-bond acceptors (Lipinski definition) is 3. The van der Waals surface area contributed by atoms with Crippen molar-refractivity contribution in [2.24, 2.45) is 0 Å². The third-order valence-electron chi connectivity index (χ3n) is 3.09. The van der Waals surface area contributed by atoms with Crippen LogP contribution in [-0.2, 0) is 9.53 Å². The Bertz CT molecular complexity index is 463. The van der Waals surface area contributed by atoms with Crippen LogP contribution in [0.25, 0.3) is 0 Å². The SMILES string of the molecule is O=C(O)C(NCC1CCCO1)c1ccc(Cl)cc1F. The first-order valence-corrected chi connectivity index (χ1v) is 6.48. The lowest BCUT2D eigenvalue weighted by Crippen LogP contribution is -2.34. The minimum Gasteiger partial charge on any atom is -0.480 e. The molecule has 1 aromatic rings. The molecule has 0 bridgehead atoms. The number of hydrogen-bond donors (Lipinski definition) is 2. The Kier molecular flexibility index (Phi) is 4.74. The molecule has 104 valence electrons. The Hall–Kier alpha value is -1.17. The number of halogens is 2. The maximum absolute atomic E-state index is 13.7. The molecule has 1 aliphatic heterocycles. The van der Waals surface area contributed by atoms with Crippen molar-refractivity contribution < 1.29 is 19.0 Å². The molecule has 0 amide bonds. The van der Waals surface area contributed by atoms with E-state index in [4.69, 9.17) is 16.3 Å². The third kappa shape index (κ3) is 3.65. The maximum atomic E-state index is 13.7. The number of carboxylic acids is 1. The van der Waals surface area contributed by atoms with Gasteiger partial charge in [0.15, 0.2) is 0 Å². The van der Waals surface area contributed by atoms with Gasteiger partial charge in [0.2, 0.25) is 0 Å². The zero-order valence-corrected chi connectivity index (χ0v) is 11.0. The summed E-state index contributed by atoms with van der Waals surface area (Å²) in [6, 6.07) is 2.88. The molecule has 0 radical (unpaired) electrons. The van der Waals surface area contributed by atoms with E-state index >= 15 is 0 Å². The van der Waals surface area contributed by atoms with Crippen LogP contribution in [-0.4, -0.2) is 30.3 Å². The van der Waals surface area contributed by atoms with Crippen molar-refractivity contribution >= 4 is 17.6 Å². The highest BCUT2D eigenvalue weighted by molar-refractivity contribution is 6.30. The van der Waals surface area contributed by atoms with E-state index in [0.29, 0.717) is 13.2 Å². The van der Waals surface area contributed by atoms with Crippen molar-refractivity contribution in [3.63, 3.8) is 0 Å². The molecule has 0 spiro atoms. The van der Waals surface area contributed by atoms with Gasteiger partial charge in [-0.3, -0.25) is 10.1 Å². The fourth-order valence-electron chi connectivity index (χ4n) is 2.12. The van der Waals surface area contributed by atoms with E-state index < -0.39 is 17.8 Å². The minimum absolute atomic E-state index is 0.00258. The smallest absolute Gasteiger partial charge is 0.325 e. The molecule has 1 heterocycles. The topological polar surface area (TPSA) is 58.6 Å². The number of ether oxygens (including phenoxy) is 1. The van der Waals surface area contributed by atoms with Crippen LogP contribution in [0.1, 0.15) is 24.4 Å². The Morgan fingerprint density at radius 1 is 1.63 bits per heavy atom. The van der Waals surface area contributed by atoms with Gasteiger partial charge in [0.05, 0.1) is 6.10 Å². The Balaban J connectivity index is 2.08. The van der Waals surface area contributed by atoms with Gasteiger partial charge >= 0.3 is 5.97 Å². The molecule has 19 heavy (non-hydrogen) atoms. The molecule has 0 aromatic heterocycles. The van der Waals surface area contributed by atoms with Gasteiger partial charge in [0.25, 0.3) is 0 Å². The molecule has 4 nitrogen and oxygen atoms in total. The van der Waals surface area contributed by atoms with Crippen molar-refractivity contribution in [3.05, 3.63) is 34.6 Å². The number of nitrogens with one attached hydrogen (secondary N) is 1. The summed E-state index contributed by atoms with van der Waals surface area (Å²) in [6.45, 7) is 1.08. The van der Waals surface area contributed by atoms with Crippen molar-refractivity contribution in [3.8, 4) is 0 Å². The predicted octanol–water partition coefficient (Wildman–Crippen LogP) is 2.37. The lowest BCUT2D eigenvalue weighted by Gasteiger charge is -2.18. The second kappa shape index (κ2) is 6.32. The summed E-state index contributed by atoms with van der Waals surface area (Å²) < 4.78 is 19.1. The summed E-state index contributed by atoms with van der Waals surface area (Å²) in [4.78, 5) is 11.2. The first kappa shape index (κ1) is 14.2. The average molecular weight is 288 g/mol. The first-order valence-electron chi connectivity index (χ1n) is 6.10. The standard InChI is InChI=1S/C13H15ClFNO3/c14-8-3-4-10(11(15)6-8)12(13(17)18)16-7-9-2-1-5-19-9/h3-4,6,9,12,16H,1-2,5,7H2,(H,17,18). The summed E-state index contributed by atoms with van der Waals surface area (Å²) in [5.74, 6) is -1.75. The minimum atomic E-state index is -1.13. The lowest BCUT2D eigenvalue weighted by atomic mass is 10.1. The van der Waals surface area contributed by atoms with Gasteiger partial charge in [-0.15, -0.1) is 0 Å². The molecule has 1 aromatic carbocycles. The molecule has 2 rings (SSSR count). The maximum Gasteiger partial charge on any atom is 0.325 e. The van der Waals surface area contributed by atoms with Gasteiger partial charge in [-0.05, 0) is 25.0 Å². The average Bonchev–Trinajstić information content (AvgIpc) is 2.84. The lowest BCUT2D eigenvalue weighted by molar-refractivity contribution is -0.139. The quantitative estimate of drug-likeness (QED) is 0.873. The molecule has 2 unspecified atom stereocenters. The molecule has 1 aliphatic rings. The van der Waals surface area contributed by atoms with Crippen LogP contribution in [0, 0.1) is 5.82 Å². The van der Waals surface area contributed by atoms with Crippen molar-refractivity contribution in [2.75, 3.05) is 13.2 Å². The van der Waals surface area contributed by atoms with E-state index in [2.05, 4.69) is 5.32 Å². The van der Waals surface area contributed by atoms with Gasteiger partial charge in [-0.25, -0.2) is 4.39 Å². The number of carbonyl (C=O) groups is 1. The van der Waals surface area contributed by atoms with E-state index in [0.717, 1.165) is 18.9 Å². The number of aliphatic carboxylic acids is 1. The largest absolute Gasteiger partial charge is 0.480 e.